The Kier molecular flexibility index (Phi) is 5.03. The smallest absolute Gasteiger partial charge is 0.0826 e. The molecular weight excluding hydrogens is 204 g/mol. The van der Waals surface area contributed by atoms with E-state index in [9.17, 15) is 0 Å². The summed E-state index contributed by atoms with van der Waals surface area (Å²) in [6, 6.07) is 0. The van der Waals surface area contributed by atoms with Gasteiger partial charge in [0.2, 0.25) is 0 Å². The van der Waals surface area contributed by atoms with Gasteiger partial charge < -0.3 is 14.8 Å². The van der Waals surface area contributed by atoms with Gasteiger partial charge >= 0.3 is 0 Å². The summed E-state index contributed by atoms with van der Waals surface area (Å²) in [7, 11) is 0. The molecule has 4 nitrogen and oxygen atoms in total. The number of morpholine rings is 1. The minimum Gasteiger partial charge on any atom is -0.377 e. The molecule has 0 saturated carbocycles. The number of hydrogen-bond donors (Lipinski definition) is 1. The second kappa shape index (κ2) is 6.55. The van der Waals surface area contributed by atoms with Crippen molar-refractivity contribution in [2.24, 2.45) is 0 Å². The van der Waals surface area contributed by atoms with E-state index in [2.05, 4.69) is 17.1 Å². The Hall–Kier alpha value is -0.160. The molecule has 1 N–H and O–H groups in total. The first-order chi connectivity index (χ1) is 7.88. The number of likely N-dealkylation sites (N-methyl/N-ethyl adjacent to an activating group) is 1. The second-order valence-corrected chi connectivity index (χ2v) is 4.68. The Morgan fingerprint density at radius 1 is 1.19 bits per heavy atom. The van der Waals surface area contributed by atoms with Crippen LogP contribution in [-0.2, 0) is 9.47 Å². The highest BCUT2D eigenvalue weighted by molar-refractivity contribution is 4.74. The Balaban J connectivity index is 1.58. The average Bonchev–Trinajstić information content (AvgIpc) is 2.82. The van der Waals surface area contributed by atoms with Gasteiger partial charge in [-0.2, -0.15) is 0 Å². The zero-order valence-corrected chi connectivity index (χ0v) is 10.3. The Bertz CT molecular complexity index is 195. The highest BCUT2D eigenvalue weighted by Gasteiger charge is 2.20. The van der Waals surface area contributed by atoms with Crippen molar-refractivity contribution in [1.29, 1.82) is 0 Å². The quantitative estimate of drug-likeness (QED) is 0.742. The number of rotatable bonds is 5. The van der Waals surface area contributed by atoms with Crippen molar-refractivity contribution < 1.29 is 9.47 Å². The zero-order valence-electron chi connectivity index (χ0n) is 10.3. The van der Waals surface area contributed by atoms with Crippen molar-refractivity contribution in [2.45, 2.75) is 32.0 Å². The standard InChI is InChI=1S/C12H24N2O2/c1-2-14-5-7-16-12(10-14)9-13-8-11-4-3-6-15-11/h11-13H,2-10H2,1H3. The molecule has 2 atom stereocenters. The Morgan fingerprint density at radius 3 is 2.75 bits per heavy atom. The van der Waals surface area contributed by atoms with E-state index in [4.69, 9.17) is 9.47 Å². The molecule has 2 aliphatic rings. The molecule has 0 aliphatic carbocycles. The molecule has 2 fully saturated rings. The van der Waals surface area contributed by atoms with E-state index in [1.165, 1.54) is 12.8 Å². The van der Waals surface area contributed by atoms with Gasteiger partial charge in [0.15, 0.2) is 0 Å². The normalized spacial score (nSPS) is 32.1. The van der Waals surface area contributed by atoms with Gasteiger partial charge in [0.05, 0.1) is 18.8 Å². The average molecular weight is 228 g/mol. The lowest BCUT2D eigenvalue weighted by Gasteiger charge is -2.32. The minimum atomic E-state index is 0.357. The summed E-state index contributed by atoms with van der Waals surface area (Å²) in [6.45, 7) is 9.24. The van der Waals surface area contributed by atoms with Gasteiger partial charge in [0.25, 0.3) is 0 Å². The fraction of sp³-hybridized carbons (Fsp3) is 1.00. The van der Waals surface area contributed by atoms with Crippen molar-refractivity contribution in [3.63, 3.8) is 0 Å². The van der Waals surface area contributed by atoms with Gasteiger partial charge in [-0.25, -0.2) is 0 Å². The Labute approximate surface area is 98.3 Å². The summed E-state index contributed by atoms with van der Waals surface area (Å²) in [5.74, 6) is 0. The highest BCUT2D eigenvalue weighted by Crippen LogP contribution is 2.10. The molecule has 0 amide bonds. The fourth-order valence-corrected chi connectivity index (χ4v) is 2.40. The second-order valence-electron chi connectivity index (χ2n) is 4.68. The molecule has 94 valence electrons. The molecule has 2 rings (SSSR count). The van der Waals surface area contributed by atoms with E-state index in [0.29, 0.717) is 12.2 Å². The van der Waals surface area contributed by atoms with E-state index in [-0.39, 0.29) is 0 Å². The van der Waals surface area contributed by atoms with Gasteiger partial charge in [-0.05, 0) is 19.4 Å². The third kappa shape index (κ3) is 3.70. The van der Waals surface area contributed by atoms with Crippen molar-refractivity contribution >= 4 is 0 Å². The summed E-state index contributed by atoms with van der Waals surface area (Å²) >= 11 is 0. The van der Waals surface area contributed by atoms with Crippen molar-refractivity contribution in [3.8, 4) is 0 Å². The first-order valence-electron chi connectivity index (χ1n) is 6.54. The number of nitrogens with one attached hydrogen (secondary N) is 1. The van der Waals surface area contributed by atoms with Crippen LogP contribution in [0.25, 0.3) is 0 Å². The summed E-state index contributed by atoms with van der Waals surface area (Å²) in [4.78, 5) is 2.45. The number of nitrogens with zero attached hydrogens (tertiary/aromatic N) is 1. The summed E-state index contributed by atoms with van der Waals surface area (Å²) in [5, 5.41) is 3.47. The number of hydrogen-bond acceptors (Lipinski definition) is 4. The maximum absolute atomic E-state index is 5.73. The first-order valence-corrected chi connectivity index (χ1v) is 6.54. The topological polar surface area (TPSA) is 33.7 Å². The molecule has 0 aromatic heterocycles. The molecule has 2 aliphatic heterocycles. The molecule has 2 saturated heterocycles. The molecule has 0 aromatic rings. The maximum Gasteiger partial charge on any atom is 0.0826 e. The third-order valence-corrected chi connectivity index (χ3v) is 3.44. The predicted octanol–water partition coefficient (Wildman–Crippen LogP) is 0.476. The molecule has 0 aromatic carbocycles. The van der Waals surface area contributed by atoms with Gasteiger partial charge in [-0.15, -0.1) is 0 Å². The zero-order chi connectivity index (χ0) is 11.2. The van der Waals surface area contributed by atoms with Gasteiger partial charge in [0.1, 0.15) is 0 Å². The molecule has 0 spiro atoms. The van der Waals surface area contributed by atoms with E-state index in [1.807, 2.05) is 0 Å². The third-order valence-electron chi connectivity index (χ3n) is 3.44. The van der Waals surface area contributed by atoms with Crippen LogP contribution in [0.2, 0.25) is 0 Å². The van der Waals surface area contributed by atoms with Crippen LogP contribution in [0.4, 0.5) is 0 Å². The van der Waals surface area contributed by atoms with Crippen LogP contribution in [0.15, 0.2) is 0 Å². The molecule has 2 heterocycles. The van der Waals surface area contributed by atoms with E-state index >= 15 is 0 Å². The number of ether oxygens (including phenoxy) is 2. The molecule has 0 bridgehead atoms. The minimum absolute atomic E-state index is 0.357. The lowest BCUT2D eigenvalue weighted by atomic mass is 10.2. The van der Waals surface area contributed by atoms with Crippen molar-refractivity contribution in [2.75, 3.05) is 45.9 Å². The van der Waals surface area contributed by atoms with Crippen LogP contribution in [0.1, 0.15) is 19.8 Å². The molecule has 4 heteroatoms. The van der Waals surface area contributed by atoms with Crippen LogP contribution in [-0.4, -0.2) is 63.0 Å². The van der Waals surface area contributed by atoms with E-state index < -0.39 is 0 Å². The SMILES string of the molecule is CCN1CCOC(CNCC2CCCO2)C1. The maximum atomic E-state index is 5.73. The van der Waals surface area contributed by atoms with Gasteiger partial charge in [-0.3, -0.25) is 4.90 Å². The highest BCUT2D eigenvalue weighted by atomic mass is 16.5. The lowest BCUT2D eigenvalue weighted by molar-refractivity contribution is -0.0264. The van der Waals surface area contributed by atoms with Crippen LogP contribution in [0.3, 0.4) is 0 Å². The van der Waals surface area contributed by atoms with Crippen molar-refractivity contribution in [1.82, 2.24) is 10.2 Å². The van der Waals surface area contributed by atoms with Crippen LogP contribution >= 0.6 is 0 Å². The summed E-state index contributed by atoms with van der Waals surface area (Å²) < 4.78 is 11.3. The first kappa shape index (κ1) is 12.3. The van der Waals surface area contributed by atoms with Gasteiger partial charge in [-0.1, -0.05) is 6.92 Å². The van der Waals surface area contributed by atoms with Crippen LogP contribution in [0, 0.1) is 0 Å². The van der Waals surface area contributed by atoms with Gasteiger partial charge in [0, 0.05) is 32.8 Å². The van der Waals surface area contributed by atoms with Crippen LogP contribution in [0.5, 0.6) is 0 Å². The molecule has 0 radical (unpaired) electrons. The van der Waals surface area contributed by atoms with E-state index in [1.54, 1.807) is 0 Å². The predicted molar refractivity (Wildman–Crippen MR) is 63.7 cm³/mol. The summed E-state index contributed by atoms with van der Waals surface area (Å²) in [6.07, 6.45) is 3.22. The Morgan fingerprint density at radius 2 is 2.00 bits per heavy atom. The van der Waals surface area contributed by atoms with E-state index in [0.717, 1.165) is 45.9 Å². The monoisotopic (exact) mass is 228 g/mol. The lowest BCUT2D eigenvalue weighted by Crippen LogP contribution is -2.47. The van der Waals surface area contributed by atoms with Crippen molar-refractivity contribution in [3.05, 3.63) is 0 Å². The van der Waals surface area contributed by atoms with Crippen LogP contribution < -0.4 is 5.32 Å². The largest absolute Gasteiger partial charge is 0.377 e. The summed E-state index contributed by atoms with van der Waals surface area (Å²) in [5.41, 5.74) is 0. The molecule has 16 heavy (non-hydrogen) atoms. The fourth-order valence-electron chi connectivity index (χ4n) is 2.40. The molecular formula is C12H24N2O2. The molecule has 2 unspecified atom stereocenters.